The van der Waals surface area contributed by atoms with Crippen molar-refractivity contribution >= 4 is 21.7 Å². The molecule has 0 saturated carbocycles. The van der Waals surface area contributed by atoms with E-state index in [0.29, 0.717) is 13.1 Å². The van der Waals surface area contributed by atoms with E-state index >= 15 is 0 Å². The molecule has 2 rings (SSSR count). The quantitative estimate of drug-likeness (QED) is 0.644. The van der Waals surface area contributed by atoms with Crippen LogP contribution in [-0.4, -0.2) is 67.7 Å². The molecular weight excluding hydrogens is 280 g/mol. The van der Waals surface area contributed by atoms with Crippen LogP contribution in [0.25, 0.3) is 0 Å². The molecule has 0 aromatic heterocycles. The fourth-order valence-corrected chi connectivity index (χ4v) is 3.44. The number of sulfone groups is 1. The first kappa shape index (κ1) is 16.9. The van der Waals surface area contributed by atoms with E-state index < -0.39 is 9.84 Å². The minimum Gasteiger partial charge on any atom is -0.343 e. The molecule has 0 N–H and O–H groups in total. The lowest BCUT2D eigenvalue weighted by molar-refractivity contribution is -0.130. The van der Waals surface area contributed by atoms with E-state index in [-0.39, 0.29) is 23.3 Å². The molecule has 6 nitrogen and oxygen atoms in total. The van der Waals surface area contributed by atoms with Crippen molar-refractivity contribution in [3.05, 3.63) is 0 Å². The molecule has 7 heteroatoms. The van der Waals surface area contributed by atoms with E-state index in [9.17, 15) is 18.0 Å². The smallest absolute Gasteiger partial charge is 0.219 e. The highest BCUT2D eigenvalue weighted by atomic mass is 32.2. The largest absolute Gasteiger partial charge is 0.343 e. The fourth-order valence-electron chi connectivity index (χ4n) is 2.24. The van der Waals surface area contributed by atoms with Crippen LogP contribution in [0.15, 0.2) is 0 Å². The molecule has 2 amide bonds. The van der Waals surface area contributed by atoms with Gasteiger partial charge in [-0.2, -0.15) is 0 Å². The zero-order valence-electron chi connectivity index (χ0n) is 12.3. The van der Waals surface area contributed by atoms with Crippen molar-refractivity contribution in [2.75, 3.05) is 37.7 Å². The maximum absolute atomic E-state index is 10.9. The van der Waals surface area contributed by atoms with E-state index in [2.05, 4.69) is 0 Å². The summed E-state index contributed by atoms with van der Waals surface area (Å²) in [5, 5.41) is 0. The Balaban J connectivity index is 0.000000204. The molecular formula is C13H24N2O4S. The third-order valence-corrected chi connectivity index (χ3v) is 5.20. The van der Waals surface area contributed by atoms with Gasteiger partial charge in [-0.25, -0.2) is 8.42 Å². The average Bonchev–Trinajstić information content (AvgIpc) is 2.40. The van der Waals surface area contributed by atoms with Crippen molar-refractivity contribution < 1.29 is 18.0 Å². The van der Waals surface area contributed by atoms with Gasteiger partial charge in [-0.1, -0.05) is 0 Å². The number of rotatable bonds is 0. The minimum absolute atomic E-state index is 0.0418. The lowest BCUT2D eigenvalue weighted by atomic mass is 10.1. The molecule has 0 atom stereocenters. The molecule has 0 aromatic carbocycles. The molecule has 0 unspecified atom stereocenters. The van der Waals surface area contributed by atoms with E-state index in [0.717, 1.165) is 13.1 Å². The maximum Gasteiger partial charge on any atom is 0.219 e. The summed E-state index contributed by atoms with van der Waals surface area (Å²) in [6, 6.07) is 0. The molecule has 0 bridgehead atoms. The van der Waals surface area contributed by atoms with Gasteiger partial charge in [-0.15, -0.1) is 0 Å². The Hall–Kier alpha value is -1.11. The molecule has 2 aliphatic heterocycles. The zero-order chi connectivity index (χ0) is 15.2. The first-order valence-corrected chi connectivity index (χ1v) is 8.85. The number of hydrogen-bond acceptors (Lipinski definition) is 4. The van der Waals surface area contributed by atoms with Crippen LogP contribution in [0.3, 0.4) is 0 Å². The summed E-state index contributed by atoms with van der Waals surface area (Å²) < 4.78 is 21.8. The predicted molar refractivity (Wildman–Crippen MR) is 77.0 cm³/mol. The Bertz CT molecular complexity index is 427. The van der Waals surface area contributed by atoms with Crippen LogP contribution in [0.2, 0.25) is 0 Å². The number of nitrogens with zero attached hydrogens (tertiary/aromatic N) is 2. The number of amides is 2. The van der Waals surface area contributed by atoms with Crippen molar-refractivity contribution in [1.82, 2.24) is 9.80 Å². The van der Waals surface area contributed by atoms with E-state index in [4.69, 9.17) is 0 Å². The van der Waals surface area contributed by atoms with E-state index in [1.165, 1.54) is 26.2 Å². The molecule has 2 fully saturated rings. The van der Waals surface area contributed by atoms with Crippen molar-refractivity contribution in [1.29, 1.82) is 0 Å². The maximum atomic E-state index is 10.9. The third-order valence-electron chi connectivity index (χ3n) is 3.59. The Morgan fingerprint density at radius 1 is 0.750 bits per heavy atom. The molecule has 0 radical (unpaired) electrons. The molecule has 2 saturated heterocycles. The first-order chi connectivity index (χ1) is 9.32. The van der Waals surface area contributed by atoms with E-state index in [1.54, 1.807) is 11.8 Å². The zero-order valence-corrected chi connectivity index (χ0v) is 13.1. The number of hydrogen-bond donors (Lipinski definition) is 0. The van der Waals surface area contributed by atoms with Gasteiger partial charge in [0.25, 0.3) is 0 Å². The normalized spacial score (nSPS) is 21.7. The van der Waals surface area contributed by atoms with Crippen molar-refractivity contribution in [3.8, 4) is 0 Å². The minimum atomic E-state index is -2.84. The lowest BCUT2D eigenvalue weighted by Gasteiger charge is -2.25. The van der Waals surface area contributed by atoms with Gasteiger partial charge in [0, 0.05) is 40.0 Å². The van der Waals surface area contributed by atoms with Crippen molar-refractivity contribution in [2.45, 2.75) is 33.1 Å². The first-order valence-electron chi connectivity index (χ1n) is 7.03. The second-order valence-electron chi connectivity index (χ2n) is 5.22. The third kappa shape index (κ3) is 5.90. The Labute approximate surface area is 121 Å². The molecule has 2 aliphatic rings. The highest BCUT2D eigenvalue weighted by molar-refractivity contribution is 7.91. The highest BCUT2D eigenvalue weighted by Crippen LogP contribution is 2.07. The van der Waals surface area contributed by atoms with E-state index in [1.807, 2.05) is 4.90 Å². The number of likely N-dealkylation sites (tertiary alicyclic amines) is 1. The SMILES string of the molecule is CC(=O)N1CCCCC1.CC(=O)N1CCS(=O)(=O)CC1. The van der Waals surface area contributed by atoms with Crippen LogP contribution < -0.4 is 0 Å². The summed E-state index contributed by atoms with van der Waals surface area (Å²) in [5.74, 6) is 0.425. The monoisotopic (exact) mass is 304 g/mol. The molecule has 0 spiro atoms. The number of carbonyl (C=O) groups excluding carboxylic acids is 2. The van der Waals surface area contributed by atoms with Gasteiger partial charge in [0.1, 0.15) is 0 Å². The van der Waals surface area contributed by atoms with Crippen LogP contribution in [-0.2, 0) is 19.4 Å². The second kappa shape index (κ2) is 7.61. The van der Waals surface area contributed by atoms with Crippen LogP contribution in [0, 0.1) is 0 Å². The van der Waals surface area contributed by atoms with Crippen LogP contribution in [0.1, 0.15) is 33.1 Å². The summed E-state index contributed by atoms with van der Waals surface area (Å²) in [5.41, 5.74) is 0. The molecule has 0 aliphatic carbocycles. The van der Waals surface area contributed by atoms with Crippen LogP contribution in [0.5, 0.6) is 0 Å². The summed E-state index contributed by atoms with van der Waals surface area (Å²) in [6.45, 7) is 5.78. The Morgan fingerprint density at radius 2 is 1.15 bits per heavy atom. The lowest BCUT2D eigenvalue weighted by Crippen LogP contribution is -2.42. The standard InChI is InChI=1S/C7H13NO.C6H11NO3S/c1-7(9)8-5-3-2-4-6-8;1-6(8)7-2-4-11(9,10)5-3-7/h2-6H2,1H3;2-5H2,1H3. The van der Waals surface area contributed by atoms with Gasteiger partial charge >= 0.3 is 0 Å². The topological polar surface area (TPSA) is 74.8 Å². The Kier molecular flexibility index (Phi) is 6.45. The number of carbonyl (C=O) groups is 2. The van der Waals surface area contributed by atoms with Gasteiger partial charge in [-0.05, 0) is 19.3 Å². The summed E-state index contributed by atoms with van der Waals surface area (Å²) in [4.78, 5) is 24.9. The molecule has 116 valence electrons. The second-order valence-corrected chi connectivity index (χ2v) is 7.53. The summed E-state index contributed by atoms with van der Waals surface area (Å²) in [7, 11) is -2.84. The van der Waals surface area contributed by atoms with Crippen molar-refractivity contribution in [3.63, 3.8) is 0 Å². The summed E-state index contributed by atoms with van der Waals surface area (Å²) in [6.07, 6.45) is 3.68. The number of piperidine rings is 1. The van der Waals surface area contributed by atoms with Gasteiger partial charge in [-0.3, -0.25) is 9.59 Å². The van der Waals surface area contributed by atoms with Crippen molar-refractivity contribution in [2.24, 2.45) is 0 Å². The van der Waals surface area contributed by atoms with Gasteiger partial charge in [0.05, 0.1) is 11.5 Å². The van der Waals surface area contributed by atoms with Gasteiger partial charge < -0.3 is 9.80 Å². The van der Waals surface area contributed by atoms with Gasteiger partial charge in [0.15, 0.2) is 9.84 Å². The average molecular weight is 304 g/mol. The van der Waals surface area contributed by atoms with Gasteiger partial charge in [0.2, 0.25) is 11.8 Å². The molecule has 0 aromatic rings. The fraction of sp³-hybridized carbons (Fsp3) is 0.846. The highest BCUT2D eigenvalue weighted by Gasteiger charge is 2.22. The summed E-state index contributed by atoms with van der Waals surface area (Å²) >= 11 is 0. The molecule has 2 heterocycles. The van der Waals surface area contributed by atoms with Crippen LogP contribution in [0.4, 0.5) is 0 Å². The predicted octanol–water partition coefficient (Wildman–Crippen LogP) is 0.282. The Morgan fingerprint density at radius 3 is 1.50 bits per heavy atom. The molecule has 20 heavy (non-hydrogen) atoms. The van der Waals surface area contributed by atoms with Crippen LogP contribution >= 0.6 is 0 Å².